The van der Waals surface area contributed by atoms with Crippen molar-refractivity contribution in [3.63, 3.8) is 0 Å². The first-order valence-electron chi connectivity index (χ1n) is 9.25. The number of ketones is 1. The zero-order valence-corrected chi connectivity index (χ0v) is 17.1. The summed E-state index contributed by atoms with van der Waals surface area (Å²) in [4.78, 5) is 12.7. The van der Waals surface area contributed by atoms with Gasteiger partial charge in [-0.25, -0.2) is 4.39 Å². The molecule has 0 aromatic heterocycles. The summed E-state index contributed by atoms with van der Waals surface area (Å²) in [6.07, 6.45) is 1.69. The Labute approximate surface area is 178 Å². The molecule has 0 atom stereocenters. The lowest BCUT2D eigenvalue weighted by Crippen LogP contribution is -1.99. The summed E-state index contributed by atoms with van der Waals surface area (Å²) in [6.45, 7) is 1.99. The first-order valence-corrected chi connectivity index (χ1v) is 9.62. The molecule has 1 heterocycles. The molecule has 3 aromatic carbocycles. The lowest BCUT2D eigenvalue weighted by atomic mass is 10.1. The van der Waals surface area contributed by atoms with Crippen molar-refractivity contribution < 1.29 is 23.4 Å². The first-order chi connectivity index (χ1) is 14.5. The van der Waals surface area contributed by atoms with Crippen LogP contribution in [0.25, 0.3) is 6.08 Å². The molecule has 0 spiro atoms. The van der Waals surface area contributed by atoms with Gasteiger partial charge < -0.3 is 14.2 Å². The predicted octanol–water partition coefficient (Wildman–Crippen LogP) is 5.99. The van der Waals surface area contributed by atoms with Gasteiger partial charge in [0.2, 0.25) is 5.78 Å². The monoisotopic (exact) mass is 424 g/mol. The summed E-state index contributed by atoms with van der Waals surface area (Å²) in [5, 5.41) is 0.296. The van der Waals surface area contributed by atoms with Crippen LogP contribution >= 0.6 is 11.6 Å². The topological polar surface area (TPSA) is 44.8 Å². The number of hydrogen-bond acceptors (Lipinski definition) is 4. The third-order valence-electron chi connectivity index (χ3n) is 4.85. The Hall–Kier alpha value is -3.31. The normalized spacial score (nSPS) is 13.9. The number of carbonyl (C=O) groups excluding carboxylic acids is 1. The van der Waals surface area contributed by atoms with E-state index in [1.807, 2.05) is 31.2 Å². The highest BCUT2D eigenvalue weighted by Crippen LogP contribution is 2.39. The maximum Gasteiger partial charge on any atom is 0.231 e. The minimum atomic E-state index is -0.402. The summed E-state index contributed by atoms with van der Waals surface area (Å²) in [7, 11) is 1.60. The molecule has 0 unspecified atom stereocenters. The Bertz CT molecular complexity index is 1150. The molecular formula is C24H18ClFO4. The molecule has 0 bridgehead atoms. The van der Waals surface area contributed by atoms with Crippen molar-refractivity contribution in [2.24, 2.45) is 0 Å². The Kier molecular flexibility index (Phi) is 5.46. The third kappa shape index (κ3) is 3.89. The number of ether oxygens (including phenoxy) is 3. The minimum Gasteiger partial charge on any atom is -0.497 e. The summed E-state index contributed by atoms with van der Waals surface area (Å²) in [5.74, 6) is 1.43. The fourth-order valence-electron chi connectivity index (χ4n) is 3.17. The molecule has 4 rings (SSSR count). The summed E-state index contributed by atoms with van der Waals surface area (Å²) in [5.41, 5.74) is 2.68. The molecule has 152 valence electrons. The Morgan fingerprint density at radius 3 is 2.57 bits per heavy atom. The minimum absolute atomic E-state index is 0.168. The van der Waals surface area contributed by atoms with Gasteiger partial charge in [-0.1, -0.05) is 29.8 Å². The van der Waals surface area contributed by atoms with E-state index in [2.05, 4.69) is 0 Å². The molecule has 0 radical (unpaired) electrons. The summed E-state index contributed by atoms with van der Waals surface area (Å²) < 4.78 is 30.1. The number of fused-ring (bicyclic) bond motifs is 1. The molecule has 0 saturated carbocycles. The van der Waals surface area contributed by atoms with Gasteiger partial charge in [0.25, 0.3) is 0 Å². The fourth-order valence-corrected chi connectivity index (χ4v) is 3.39. The molecule has 0 N–H and O–H groups in total. The van der Waals surface area contributed by atoms with Gasteiger partial charge in [0.05, 0.1) is 17.7 Å². The number of hydrogen-bond donors (Lipinski definition) is 0. The number of allylic oxidation sites excluding steroid dienone is 1. The zero-order valence-electron chi connectivity index (χ0n) is 16.4. The van der Waals surface area contributed by atoms with Crippen molar-refractivity contribution in [3.8, 4) is 17.2 Å². The standard InChI is InChI=1S/C24H18ClFO4/c1-14-21(29-13-16-5-6-17(26)12-20(16)25)10-9-19-23(27)22(30-24(14)19)11-15-3-7-18(28-2)8-4-15/h3-12H,13H2,1-2H3/b22-11-. The number of benzene rings is 3. The first kappa shape index (κ1) is 20.0. The molecule has 4 nitrogen and oxygen atoms in total. The van der Waals surface area contributed by atoms with Crippen molar-refractivity contribution in [1.29, 1.82) is 0 Å². The van der Waals surface area contributed by atoms with Gasteiger partial charge in [-0.15, -0.1) is 0 Å². The second kappa shape index (κ2) is 8.20. The van der Waals surface area contributed by atoms with Crippen LogP contribution in [0.1, 0.15) is 27.0 Å². The molecule has 0 aliphatic carbocycles. The van der Waals surface area contributed by atoms with Crippen LogP contribution < -0.4 is 14.2 Å². The molecule has 3 aromatic rings. The highest BCUT2D eigenvalue weighted by molar-refractivity contribution is 6.31. The number of carbonyl (C=O) groups is 1. The van der Waals surface area contributed by atoms with Gasteiger partial charge in [0, 0.05) is 11.1 Å². The predicted molar refractivity (Wildman–Crippen MR) is 113 cm³/mol. The summed E-state index contributed by atoms with van der Waals surface area (Å²) >= 11 is 6.06. The number of halogens is 2. The van der Waals surface area contributed by atoms with E-state index in [0.717, 1.165) is 11.3 Å². The van der Waals surface area contributed by atoms with Crippen LogP contribution in [-0.2, 0) is 6.61 Å². The number of Topliss-reactive ketones (excluding diaryl/α,β-unsaturated/α-hetero) is 1. The van der Waals surface area contributed by atoms with Gasteiger partial charge in [0.1, 0.15) is 29.7 Å². The second-order valence-corrected chi connectivity index (χ2v) is 7.21. The van der Waals surface area contributed by atoms with E-state index in [0.29, 0.717) is 33.2 Å². The third-order valence-corrected chi connectivity index (χ3v) is 5.20. The van der Waals surface area contributed by atoms with E-state index in [1.54, 1.807) is 31.4 Å². The molecule has 0 fully saturated rings. The largest absolute Gasteiger partial charge is 0.497 e. The van der Waals surface area contributed by atoms with Gasteiger partial charge in [-0.3, -0.25) is 4.79 Å². The van der Waals surface area contributed by atoms with Gasteiger partial charge in [-0.2, -0.15) is 0 Å². The number of methoxy groups -OCH3 is 1. The Morgan fingerprint density at radius 1 is 1.10 bits per heavy atom. The van der Waals surface area contributed by atoms with Gasteiger partial charge in [0.15, 0.2) is 5.76 Å². The molecule has 0 saturated heterocycles. The maximum atomic E-state index is 13.2. The lowest BCUT2D eigenvalue weighted by molar-refractivity contribution is 0.101. The Morgan fingerprint density at radius 2 is 1.87 bits per heavy atom. The highest BCUT2D eigenvalue weighted by Gasteiger charge is 2.30. The van der Waals surface area contributed by atoms with Crippen LogP contribution in [0.3, 0.4) is 0 Å². The van der Waals surface area contributed by atoms with Crippen molar-refractivity contribution >= 4 is 23.5 Å². The smallest absolute Gasteiger partial charge is 0.231 e. The summed E-state index contributed by atoms with van der Waals surface area (Å²) in [6, 6.07) is 14.9. The highest BCUT2D eigenvalue weighted by atomic mass is 35.5. The van der Waals surface area contributed by atoms with E-state index < -0.39 is 5.82 Å². The van der Waals surface area contributed by atoms with Crippen LogP contribution in [0.5, 0.6) is 17.2 Å². The van der Waals surface area contributed by atoms with E-state index in [4.69, 9.17) is 25.8 Å². The quantitative estimate of drug-likeness (QED) is 0.472. The van der Waals surface area contributed by atoms with E-state index >= 15 is 0 Å². The van der Waals surface area contributed by atoms with Gasteiger partial charge >= 0.3 is 0 Å². The molecule has 1 aliphatic heterocycles. The van der Waals surface area contributed by atoms with Gasteiger partial charge in [-0.05, 0) is 55.0 Å². The molecular weight excluding hydrogens is 407 g/mol. The molecule has 30 heavy (non-hydrogen) atoms. The molecule has 6 heteroatoms. The average Bonchev–Trinajstić information content (AvgIpc) is 3.05. The zero-order chi connectivity index (χ0) is 21.3. The SMILES string of the molecule is COc1ccc(/C=C2\Oc3c(ccc(OCc4ccc(F)cc4Cl)c3C)C2=O)cc1. The van der Waals surface area contributed by atoms with Crippen LogP contribution in [0.2, 0.25) is 5.02 Å². The Balaban J connectivity index is 1.55. The van der Waals surface area contributed by atoms with Crippen molar-refractivity contribution in [1.82, 2.24) is 0 Å². The molecule has 0 amide bonds. The van der Waals surface area contributed by atoms with Crippen LogP contribution in [-0.4, -0.2) is 12.9 Å². The van der Waals surface area contributed by atoms with E-state index in [1.165, 1.54) is 12.1 Å². The second-order valence-electron chi connectivity index (χ2n) is 6.80. The van der Waals surface area contributed by atoms with E-state index in [-0.39, 0.29) is 18.1 Å². The van der Waals surface area contributed by atoms with E-state index in [9.17, 15) is 9.18 Å². The fraction of sp³-hybridized carbons (Fsp3) is 0.125. The van der Waals surface area contributed by atoms with Crippen LogP contribution in [0, 0.1) is 12.7 Å². The number of rotatable bonds is 5. The maximum absolute atomic E-state index is 13.2. The molecule has 1 aliphatic rings. The van der Waals surface area contributed by atoms with Crippen LogP contribution in [0.4, 0.5) is 4.39 Å². The van der Waals surface area contributed by atoms with Crippen LogP contribution in [0.15, 0.2) is 60.4 Å². The van der Waals surface area contributed by atoms with Crippen molar-refractivity contribution in [2.75, 3.05) is 7.11 Å². The van der Waals surface area contributed by atoms with Crippen molar-refractivity contribution in [3.05, 3.63) is 93.5 Å². The lowest BCUT2D eigenvalue weighted by Gasteiger charge is -2.12. The average molecular weight is 425 g/mol. The van der Waals surface area contributed by atoms with Crippen molar-refractivity contribution in [2.45, 2.75) is 13.5 Å².